The number of hydrogen-bond donors (Lipinski definition) is 1. The van der Waals surface area contributed by atoms with Gasteiger partial charge in [-0.2, -0.15) is 0 Å². The van der Waals surface area contributed by atoms with Gasteiger partial charge in [0.25, 0.3) is 0 Å². The first-order valence-corrected chi connectivity index (χ1v) is 13.3. The van der Waals surface area contributed by atoms with E-state index in [4.69, 9.17) is 14.2 Å². The summed E-state index contributed by atoms with van der Waals surface area (Å²) in [5.41, 5.74) is 1.96. The van der Waals surface area contributed by atoms with E-state index >= 15 is 0 Å². The number of aromatic nitrogens is 2. The third-order valence-corrected chi connectivity index (χ3v) is 7.16. The molecule has 2 amide bonds. The minimum atomic E-state index is -0.0627. The number of benzene rings is 1. The second-order valence-corrected chi connectivity index (χ2v) is 9.71. The highest BCUT2D eigenvalue weighted by Gasteiger charge is 2.24. The van der Waals surface area contributed by atoms with Gasteiger partial charge < -0.3 is 24.1 Å². The van der Waals surface area contributed by atoms with Crippen LogP contribution in [-0.4, -0.2) is 80.1 Å². The van der Waals surface area contributed by atoms with Crippen LogP contribution in [0.1, 0.15) is 37.8 Å². The molecule has 1 aliphatic heterocycles. The maximum atomic E-state index is 13.3. The molecule has 0 spiro atoms. The molecule has 0 bridgehead atoms. The van der Waals surface area contributed by atoms with Crippen molar-refractivity contribution in [2.75, 3.05) is 64.6 Å². The topological polar surface area (TPSA) is 81.1 Å². The third kappa shape index (κ3) is 7.36. The summed E-state index contributed by atoms with van der Waals surface area (Å²) in [4.78, 5) is 21.7. The Balaban J connectivity index is 1.36. The zero-order valence-corrected chi connectivity index (χ0v) is 21.8. The Bertz CT molecular complexity index is 953. The molecule has 2 fully saturated rings. The number of imidazole rings is 1. The predicted molar refractivity (Wildman–Crippen MR) is 140 cm³/mol. The molecule has 9 nitrogen and oxygen atoms in total. The fourth-order valence-corrected chi connectivity index (χ4v) is 4.97. The Labute approximate surface area is 214 Å². The first-order chi connectivity index (χ1) is 17.6. The maximum absolute atomic E-state index is 13.3. The molecular formula is C27H41N5O4. The van der Waals surface area contributed by atoms with E-state index in [1.54, 1.807) is 7.11 Å². The lowest BCUT2D eigenvalue weighted by Gasteiger charge is -2.27. The van der Waals surface area contributed by atoms with Crippen molar-refractivity contribution < 1.29 is 19.0 Å². The molecule has 0 atom stereocenters. The molecule has 1 aliphatic carbocycles. The van der Waals surface area contributed by atoms with Crippen molar-refractivity contribution in [1.29, 1.82) is 0 Å². The highest BCUT2D eigenvalue weighted by atomic mass is 16.5. The van der Waals surface area contributed by atoms with E-state index in [1.807, 2.05) is 42.5 Å². The summed E-state index contributed by atoms with van der Waals surface area (Å²) < 4.78 is 19.2. The number of carbonyl (C=O) groups excluding carboxylic acids is 1. The van der Waals surface area contributed by atoms with Crippen LogP contribution in [0.2, 0.25) is 0 Å². The van der Waals surface area contributed by atoms with Gasteiger partial charge in [-0.15, -0.1) is 0 Å². The Morgan fingerprint density at radius 2 is 2.00 bits per heavy atom. The maximum Gasteiger partial charge on any atom is 0.321 e. The van der Waals surface area contributed by atoms with Crippen LogP contribution in [0, 0.1) is 12.8 Å². The van der Waals surface area contributed by atoms with Gasteiger partial charge >= 0.3 is 6.03 Å². The Morgan fingerprint density at radius 3 is 2.72 bits per heavy atom. The SMILES string of the molecule is COc1cc(N(CC2CCCC2)C(=O)NCCCn2cncc2C)ccc1OCCN1CCOCC1. The molecule has 1 saturated heterocycles. The Morgan fingerprint density at radius 1 is 1.19 bits per heavy atom. The van der Waals surface area contributed by atoms with Gasteiger partial charge in [0.05, 0.1) is 26.7 Å². The highest BCUT2D eigenvalue weighted by molar-refractivity contribution is 5.92. The summed E-state index contributed by atoms with van der Waals surface area (Å²) in [6.45, 7) is 9.06. The first kappa shape index (κ1) is 26.3. The zero-order chi connectivity index (χ0) is 25.2. The molecular weight excluding hydrogens is 458 g/mol. The van der Waals surface area contributed by atoms with Gasteiger partial charge in [0.1, 0.15) is 6.61 Å². The standard InChI is InChI=1S/C27H41N5O4/c1-22-19-28-21-31(22)11-5-10-29-27(33)32(20-23-6-3-4-7-23)24-8-9-25(26(18-24)34-2)36-17-14-30-12-15-35-16-13-30/h8-9,18-19,21,23H,3-7,10-17,20H2,1-2H3,(H,29,33). The molecule has 1 N–H and O–H groups in total. The second-order valence-electron chi connectivity index (χ2n) is 9.71. The van der Waals surface area contributed by atoms with Crippen LogP contribution in [0.4, 0.5) is 10.5 Å². The number of morpholine rings is 1. The molecule has 198 valence electrons. The number of nitrogens with zero attached hydrogens (tertiary/aromatic N) is 4. The number of rotatable bonds is 12. The van der Waals surface area contributed by atoms with Gasteiger partial charge in [0.15, 0.2) is 11.5 Å². The molecule has 0 radical (unpaired) electrons. The summed E-state index contributed by atoms with van der Waals surface area (Å²) in [6.07, 6.45) is 9.35. The number of amides is 2. The second kappa shape index (κ2) is 13.5. The van der Waals surface area contributed by atoms with Crippen LogP contribution in [0.3, 0.4) is 0 Å². The number of carbonyl (C=O) groups is 1. The lowest BCUT2D eigenvalue weighted by atomic mass is 10.1. The van der Waals surface area contributed by atoms with Crippen molar-refractivity contribution in [3.8, 4) is 11.5 Å². The van der Waals surface area contributed by atoms with Crippen molar-refractivity contribution in [3.05, 3.63) is 36.4 Å². The van der Waals surface area contributed by atoms with E-state index in [-0.39, 0.29) is 6.03 Å². The van der Waals surface area contributed by atoms with Crippen molar-refractivity contribution in [2.45, 2.75) is 45.6 Å². The molecule has 1 aromatic carbocycles. The van der Waals surface area contributed by atoms with Crippen molar-refractivity contribution in [1.82, 2.24) is 19.8 Å². The average Bonchev–Trinajstić information content (AvgIpc) is 3.57. The summed E-state index contributed by atoms with van der Waals surface area (Å²) >= 11 is 0. The minimum Gasteiger partial charge on any atom is -0.493 e. The van der Waals surface area contributed by atoms with Gasteiger partial charge in [0.2, 0.25) is 0 Å². The molecule has 1 saturated carbocycles. The number of urea groups is 1. The normalized spacial score (nSPS) is 16.7. The van der Waals surface area contributed by atoms with Crippen LogP contribution < -0.4 is 19.7 Å². The van der Waals surface area contributed by atoms with Crippen LogP contribution in [-0.2, 0) is 11.3 Å². The smallest absolute Gasteiger partial charge is 0.321 e. The van der Waals surface area contributed by atoms with E-state index in [9.17, 15) is 4.79 Å². The number of nitrogens with one attached hydrogen (secondary N) is 1. The fraction of sp³-hybridized carbons (Fsp3) is 0.630. The van der Waals surface area contributed by atoms with E-state index in [2.05, 4.69) is 19.8 Å². The number of ether oxygens (including phenoxy) is 3. The van der Waals surface area contributed by atoms with Gasteiger partial charge in [0, 0.05) is 62.9 Å². The summed E-state index contributed by atoms with van der Waals surface area (Å²) in [5, 5.41) is 3.13. The largest absolute Gasteiger partial charge is 0.493 e. The van der Waals surface area contributed by atoms with Crippen molar-refractivity contribution in [3.63, 3.8) is 0 Å². The molecule has 9 heteroatoms. The zero-order valence-electron chi connectivity index (χ0n) is 21.8. The van der Waals surface area contributed by atoms with Crippen LogP contribution >= 0.6 is 0 Å². The summed E-state index contributed by atoms with van der Waals surface area (Å²) in [6, 6.07) is 5.75. The Hall–Kier alpha value is -2.78. The lowest BCUT2D eigenvalue weighted by molar-refractivity contribution is 0.0321. The monoisotopic (exact) mass is 499 g/mol. The van der Waals surface area contributed by atoms with Crippen LogP contribution in [0.5, 0.6) is 11.5 Å². The van der Waals surface area contributed by atoms with Gasteiger partial charge in [-0.25, -0.2) is 9.78 Å². The van der Waals surface area contributed by atoms with Crippen LogP contribution in [0.25, 0.3) is 0 Å². The van der Waals surface area contributed by atoms with E-state index in [1.165, 1.54) is 25.7 Å². The van der Waals surface area contributed by atoms with E-state index < -0.39 is 0 Å². The number of aryl methyl sites for hydroxylation is 2. The predicted octanol–water partition coefficient (Wildman–Crippen LogP) is 3.71. The number of anilines is 1. The summed E-state index contributed by atoms with van der Waals surface area (Å²) in [5.74, 6) is 1.88. The highest BCUT2D eigenvalue weighted by Crippen LogP contribution is 2.34. The van der Waals surface area contributed by atoms with Crippen molar-refractivity contribution in [2.24, 2.45) is 5.92 Å². The first-order valence-electron chi connectivity index (χ1n) is 13.3. The number of methoxy groups -OCH3 is 1. The number of hydrogen-bond acceptors (Lipinski definition) is 6. The van der Waals surface area contributed by atoms with E-state index in [0.29, 0.717) is 37.1 Å². The molecule has 36 heavy (non-hydrogen) atoms. The Kier molecular flexibility index (Phi) is 9.86. The molecule has 2 heterocycles. The molecule has 2 aliphatic rings. The van der Waals surface area contributed by atoms with Gasteiger partial charge in [-0.05, 0) is 44.2 Å². The van der Waals surface area contributed by atoms with Gasteiger partial charge in [-0.1, -0.05) is 12.8 Å². The quantitative estimate of drug-likeness (QED) is 0.449. The van der Waals surface area contributed by atoms with Gasteiger partial charge in [-0.3, -0.25) is 9.80 Å². The fourth-order valence-electron chi connectivity index (χ4n) is 4.97. The third-order valence-electron chi connectivity index (χ3n) is 7.16. The average molecular weight is 500 g/mol. The van der Waals surface area contributed by atoms with Crippen LogP contribution in [0.15, 0.2) is 30.7 Å². The molecule has 0 unspecified atom stereocenters. The summed E-state index contributed by atoms with van der Waals surface area (Å²) in [7, 11) is 1.65. The molecule has 4 rings (SSSR count). The minimum absolute atomic E-state index is 0.0627. The molecule has 2 aromatic rings. The van der Waals surface area contributed by atoms with Crippen molar-refractivity contribution >= 4 is 11.7 Å². The van der Waals surface area contributed by atoms with E-state index in [0.717, 1.165) is 57.2 Å². The lowest BCUT2D eigenvalue weighted by Crippen LogP contribution is -2.43. The molecule has 1 aromatic heterocycles.